The van der Waals surface area contributed by atoms with E-state index in [0.717, 1.165) is 37.0 Å². The van der Waals surface area contributed by atoms with Crippen molar-refractivity contribution < 1.29 is 19.4 Å². The fraction of sp³-hybridized carbons (Fsp3) is 0.579. The summed E-state index contributed by atoms with van der Waals surface area (Å²) in [6, 6.07) is 5.79. The molecule has 0 saturated heterocycles. The molecule has 2 aliphatic rings. The van der Waals surface area contributed by atoms with Crippen molar-refractivity contribution in [1.82, 2.24) is 5.01 Å². The average Bonchev–Trinajstić information content (AvgIpc) is 2.67. The fourth-order valence-electron chi connectivity index (χ4n) is 3.85. The van der Waals surface area contributed by atoms with E-state index in [9.17, 15) is 4.79 Å². The van der Waals surface area contributed by atoms with E-state index in [4.69, 9.17) is 14.6 Å². The third-order valence-corrected chi connectivity index (χ3v) is 5.12. The molecular weight excluding hydrogens is 320 g/mol. The number of nitrogens with zero attached hydrogens (tertiary/aromatic N) is 2. The van der Waals surface area contributed by atoms with Gasteiger partial charge in [-0.25, -0.2) is 5.01 Å². The Kier molecular flexibility index (Phi) is 5.58. The van der Waals surface area contributed by atoms with Gasteiger partial charge in [-0.2, -0.15) is 5.10 Å². The summed E-state index contributed by atoms with van der Waals surface area (Å²) in [7, 11) is 3.23. The lowest BCUT2D eigenvalue weighted by Crippen LogP contribution is -2.46. The second kappa shape index (κ2) is 7.87. The number of carbonyl (C=O) groups excluding carboxylic acids is 1. The molecule has 6 nitrogen and oxygen atoms in total. The van der Waals surface area contributed by atoms with Crippen LogP contribution in [-0.4, -0.2) is 49.1 Å². The maximum Gasteiger partial charge on any atom is 0.246 e. The van der Waals surface area contributed by atoms with Gasteiger partial charge in [0.2, 0.25) is 5.91 Å². The lowest BCUT2D eigenvalue weighted by molar-refractivity contribution is -0.139. The lowest BCUT2D eigenvalue weighted by atomic mass is 9.73. The highest BCUT2D eigenvalue weighted by molar-refractivity contribution is 6.07. The number of aliphatic hydroxyl groups excluding tert-OH is 1. The van der Waals surface area contributed by atoms with E-state index in [1.54, 1.807) is 19.2 Å². The van der Waals surface area contributed by atoms with E-state index < -0.39 is 0 Å². The molecule has 1 aliphatic heterocycles. The van der Waals surface area contributed by atoms with E-state index >= 15 is 0 Å². The molecule has 1 amide bonds. The molecule has 1 aromatic carbocycles. The zero-order chi connectivity index (χ0) is 17.8. The molecule has 1 aromatic rings. The normalized spacial score (nSPS) is 23.1. The number of aliphatic hydroxyl groups is 1. The van der Waals surface area contributed by atoms with Gasteiger partial charge in [-0.3, -0.25) is 4.79 Å². The molecule has 25 heavy (non-hydrogen) atoms. The van der Waals surface area contributed by atoms with E-state index in [0.29, 0.717) is 24.5 Å². The van der Waals surface area contributed by atoms with Crippen molar-refractivity contribution >= 4 is 11.6 Å². The predicted octanol–water partition coefficient (Wildman–Crippen LogP) is 2.44. The standard InChI is InChI=1S/C19H26N2O4/c1-24-16-9-8-13(12-17(16)25-2)18-14-6-3-4-7-15(14)19(23)21(20-18)10-5-11-22/h8-9,12,14-15,22H,3-7,10-11H2,1-2H3/t14-,15+/m1/s1. The van der Waals surface area contributed by atoms with Gasteiger partial charge in [0, 0.05) is 30.6 Å². The number of carbonyl (C=O) groups is 1. The monoisotopic (exact) mass is 346 g/mol. The van der Waals surface area contributed by atoms with Crippen LogP contribution in [-0.2, 0) is 4.79 Å². The average molecular weight is 346 g/mol. The molecule has 0 bridgehead atoms. The molecule has 3 rings (SSSR count). The highest BCUT2D eigenvalue weighted by Crippen LogP contribution is 2.39. The summed E-state index contributed by atoms with van der Waals surface area (Å²) in [4.78, 5) is 12.8. The van der Waals surface area contributed by atoms with Gasteiger partial charge in [-0.05, 0) is 37.5 Å². The smallest absolute Gasteiger partial charge is 0.246 e. The van der Waals surface area contributed by atoms with Crippen LogP contribution < -0.4 is 9.47 Å². The molecule has 1 N–H and O–H groups in total. The Bertz CT molecular complexity index is 659. The van der Waals surface area contributed by atoms with Gasteiger partial charge in [-0.15, -0.1) is 0 Å². The van der Waals surface area contributed by atoms with Crippen LogP contribution in [0.25, 0.3) is 0 Å². The highest BCUT2D eigenvalue weighted by atomic mass is 16.5. The number of amides is 1. The van der Waals surface area contributed by atoms with Crippen LogP contribution in [0, 0.1) is 11.8 Å². The van der Waals surface area contributed by atoms with Crippen molar-refractivity contribution in [2.75, 3.05) is 27.4 Å². The fourth-order valence-corrected chi connectivity index (χ4v) is 3.85. The SMILES string of the molecule is COc1ccc(C2=NN(CCCO)C(=O)[C@H]3CCCC[C@@H]23)cc1OC. The zero-order valence-corrected chi connectivity index (χ0v) is 14.9. The van der Waals surface area contributed by atoms with Gasteiger partial charge in [0.15, 0.2) is 11.5 Å². The second-order valence-corrected chi connectivity index (χ2v) is 6.59. The topological polar surface area (TPSA) is 71.4 Å². The molecule has 136 valence electrons. The van der Waals surface area contributed by atoms with Gasteiger partial charge in [0.05, 0.1) is 19.9 Å². The van der Waals surface area contributed by atoms with Gasteiger partial charge in [0.1, 0.15) is 0 Å². The first-order chi connectivity index (χ1) is 12.2. The summed E-state index contributed by atoms with van der Waals surface area (Å²) >= 11 is 0. The lowest BCUT2D eigenvalue weighted by Gasteiger charge is -2.38. The van der Waals surface area contributed by atoms with Crippen LogP contribution in [0.15, 0.2) is 23.3 Å². The predicted molar refractivity (Wildman–Crippen MR) is 94.9 cm³/mol. The summed E-state index contributed by atoms with van der Waals surface area (Å²) in [5.41, 5.74) is 1.92. The van der Waals surface area contributed by atoms with Gasteiger partial charge in [-0.1, -0.05) is 12.8 Å². The van der Waals surface area contributed by atoms with Crippen LogP contribution in [0.2, 0.25) is 0 Å². The largest absolute Gasteiger partial charge is 0.493 e. The molecule has 0 radical (unpaired) electrons. The summed E-state index contributed by atoms with van der Waals surface area (Å²) in [5.74, 6) is 1.59. The molecule has 1 aliphatic carbocycles. The number of hydrogen-bond donors (Lipinski definition) is 1. The minimum Gasteiger partial charge on any atom is -0.493 e. The van der Waals surface area contributed by atoms with E-state index in [1.165, 1.54) is 0 Å². The van der Waals surface area contributed by atoms with E-state index in [2.05, 4.69) is 5.10 Å². The van der Waals surface area contributed by atoms with Crippen LogP contribution >= 0.6 is 0 Å². The van der Waals surface area contributed by atoms with Crippen molar-refractivity contribution in [3.8, 4) is 11.5 Å². The van der Waals surface area contributed by atoms with Crippen LogP contribution in [0.1, 0.15) is 37.7 Å². The number of rotatable bonds is 6. The van der Waals surface area contributed by atoms with E-state index in [-0.39, 0.29) is 24.3 Å². The van der Waals surface area contributed by atoms with Crippen molar-refractivity contribution in [1.29, 1.82) is 0 Å². The Morgan fingerprint density at radius 1 is 1.16 bits per heavy atom. The Morgan fingerprint density at radius 3 is 2.56 bits per heavy atom. The first kappa shape index (κ1) is 17.7. The summed E-state index contributed by atoms with van der Waals surface area (Å²) in [6.07, 6.45) is 4.63. The van der Waals surface area contributed by atoms with Crippen LogP contribution in [0.4, 0.5) is 0 Å². The second-order valence-electron chi connectivity index (χ2n) is 6.59. The number of hydrogen-bond acceptors (Lipinski definition) is 5. The van der Waals surface area contributed by atoms with E-state index in [1.807, 2.05) is 18.2 Å². The molecule has 1 saturated carbocycles. The summed E-state index contributed by atoms with van der Waals surface area (Å²) in [5, 5.41) is 15.3. The van der Waals surface area contributed by atoms with Gasteiger partial charge >= 0.3 is 0 Å². The Hall–Kier alpha value is -2.08. The number of benzene rings is 1. The number of hydrazone groups is 1. The molecule has 0 unspecified atom stereocenters. The first-order valence-electron chi connectivity index (χ1n) is 8.92. The number of fused-ring (bicyclic) bond motifs is 1. The number of ether oxygens (including phenoxy) is 2. The quantitative estimate of drug-likeness (QED) is 0.859. The van der Waals surface area contributed by atoms with Crippen molar-refractivity contribution in [2.45, 2.75) is 32.1 Å². The first-order valence-corrected chi connectivity index (χ1v) is 8.92. The third-order valence-electron chi connectivity index (χ3n) is 5.12. The maximum absolute atomic E-state index is 12.8. The van der Waals surface area contributed by atoms with Gasteiger partial charge < -0.3 is 14.6 Å². The van der Waals surface area contributed by atoms with Crippen molar-refractivity contribution in [3.05, 3.63) is 23.8 Å². The molecule has 1 fully saturated rings. The third kappa shape index (κ3) is 3.49. The highest BCUT2D eigenvalue weighted by Gasteiger charge is 2.41. The molecule has 0 spiro atoms. The van der Waals surface area contributed by atoms with Crippen molar-refractivity contribution in [3.63, 3.8) is 0 Å². The Labute approximate surface area is 148 Å². The number of methoxy groups -OCH3 is 2. The van der Waals surface area contributed by atoms with Crippen molar-refractivity contribution in [2.24, 2.45) is 16.9 Å². The van der Waals surface area contributed by atoms with Crippen LogP contribution in [0.3, 0.4) is 0 Å². The summed E-state index contributed by atoms with van der Waals surface area (Å²) < 4.78 is 10.7. The molecule has 0 aromatic heterocycles. The maximum atomic E-state index is 12.8. The molecule has 1 heterocycles. The summed E-state index contributed by atoms with van der Waals surface area (Å²) in [6.45, 7) is 0.508. The minimum absolute atomic E-state index is 0.00644. The Balaban J connectivity index is 1.99. The van der Waals surface area contributed by atoms with Gasteiger partial charge in [0.25, 0.3) is 0 Å². The molecule has 2 atom stereocenters. The van der Waals surface area contributed by atoms with Crippen LogP contribution in [0.5, 0.6) is 11.5 Å². The minimum atomic E-state index is -0.00644. The Morgan fingerprint density at radius 2 is 1.88 bits per heavy atom. The molecular formula is C19H26N2O4. The zero-order valence-electron chi connectivity index (χ0n) is 14.9. The molecule has 6 heteroatoms.